The zero-order valence-corrected chi connectivity index (χ0v) is 8.96. The Balaban J connectivity index is 3.04. The lowest BCUT2D eigenvalue weighted by molar-refractivity contribution is 0.226. The summed E-state index contributed by atoms with van der Waals surface area (Å²) in [6.07, 6.45) is 1.77. The number of hydrogen-bond donors (Lipinski definition) is 0. The van der Waals surface area contributed by atoms with Gasteiger partial charge in [-0.05, 0) is 43.0 Å². The van der Waals surface area contributed by atoms with Crippen LogP contribution in [-0.4, -0.2) is 20.4 Å². The topological polar surface area (TPSA) is 21.6 Å². The van der Waals surface area contributed by atoms with Crippen LogP contribution in [0.5, 0.6) is 0 Å². The van der Waals surface area contributed by atoms with Gasteiger partial charge in [-0.15, -0.1) is 0 Å². The summed E-state index contributed by atoms with van der Waals surface area (Å²) in [5.41, 5.74) is 2.48. The molecular weight excluding hydrogens is 193 g/mol. The van der Waals surface area contributed by atoms with E-state index in [0.29, 0.717) is 12.3 Å². The van der Waals surface area contributed by atoms with Gasteiger partial charge in [0.25, 0.3) is 0 Å². The maximum atomic E-state index is 13.0. The molecule has 3 heteroatoms. The number of hydrogen-bond acceptors (Lipinski definition) is 2. The summed E-state index contributed by atoms with van der Waals surface area (Å²) < 4.78 is 17.9. The molecule has 0 aliphatic rings. The van der Waals surface area contributed by atoms with Gasteiger partial charge in [-0.2, -0.15) is 0 Å². The molecule has 0 heterocycles. The Morgan fingerprint density at radius 1 is 1.60 bits per heavy atom. The highest BCUT2D eigenvalue weighted by Crippen LogP contribution is 2.14. The van der Waals surface area contributed by atoms with Crippen molar-refractivity contribution in [2.75, 3.05) is 13.7 Å². The van der Waals surface area contributed by atoms with Gasteiger partial charge in [-0.1, -0.05) is 6.07 Å². The summed E-state index contributed by atoms with van der Waals surface area (Å²) in [7, 11) is 1.58. The summed E-state index contributed by atoms with van der Waals surface area (Å²) in [6, 6.07) is 4.63. The van der Waals surface area contributed by atoms with Crippen molar-refractivity contribution in [2.45, 2.75) is 6.92 Å². The molecule has 0 fully saturated rings. The Labute approximate surface area is 89.1 Å². The first-order valence-electron chi connectivity index (χ1n) is 4.59. The van der Waals surface area contributed by atoms with Crippen molar-refractivity contribution in [3.05, 3.63) is 40.8 Å². The Kier molecular flexibility index (Phi) is 4.18. The van der Waals surface area contributed by atoms with E-state index in [2.05, 4.69) is 11.7 Å². The lowest BCUT2D eigenvalue weighted by atomic mass is 10.1. The van der Waals surface area contributed by atoms with Gasteiger partial charge >= 0.3 is 0 Å². The Morgan fingerprint density at radius 3 is 2.93 bits per heavy atom. The van der Waals surface area contributed by atoms with Gasteiger partial charge in [0, 0.05) is 7.11 Å². The Bertz CT molecular complexity index is 385. The second-order valence-corrected chi connectivity index (χ2v) is 3.23. The molecule has 0 N–H and O–H groups in total. The van der Waals surface area contributed by atoms with Gasteiger partial charge in [-0.25, -0.2) is 4.39 Å². The highest BCUT2D eigenvalue weighted by molar-refractivity contribution is 5.57. The van der Waals surface area contributed by atoms with Crippen LogP contribution in [-0.2, 0) is 4.74 Å². The Hall–Kier alpha value is -1.48. The minimum atomic E-state index is -0.257. The number of aliphatic imine (C=N–C) groups is 1. The Morgan fingerprint density at radius 2 is 2.33 bits per heavy atom. The molecule has 0 saturated heterocycles. The van der Waals surface area contributed by atoms with E-state index >= 15 is 0 Å². The van der Waals surface area contributed by atoms with Crippen LogP contribution < -0.4 is 0 Å². The normalized spacial score (nSPS) is 11.5. The summed E-state index contributed by atoms with van der Waals surface area (Å²) >= 11 is 0. The van der Waals surface area contributed by atoms with E-state index in [9.17, 15) is 4.39 Å². The maximum absolute atomic E-state index is 13.0. The molecule has 2 nitrogen and oxygen atoms in total. The SMILES string of the molecule is C=N/C(=C\c1cc(F)ccc1C)COC. The van der Waals surface area contributed by atoms with E-state index in [4.69, 9.17) is 4.74 Å². The van der Waals surface area contributed by atoms with Gasteiger partial charge in [-0.3, -0.25) is 4.99 Å². The monoisotopic (exact) mass is 207 g/mol. The number of ether oxygens (including phenoxy) is 1. The minimum absolute atomic E-state index is 0.257. The van der Waals surface area contributed by atoms with Gasteiger partial charge in [0.1, 0.15) is 5.82 Å². The van der Waals surface area contributed by atoms with Gasteiger partial charge in [0.2, 0.25) is 0 Å². The van der Waals surface area contributed by atoms with Crippen molar-refractivity contribution in [1.82, 2.24) is 0 Å². The molecular formula is C12H14FNO. The molecule has 0 unspecified atom stereocenters. The molecule has 0 amide bonds. The minimum Gasteiger partial charge on any atom is -0.378 e. The molecule has 0 atom stereocenters. The molecule has 0 saturated carbocycles. The third-order valence-electron chi connectivity index (χ3n) is 2.06. The first-order valence-corrected chi connectivity index (χ1v) is 4.59. The van der Waals surface area contributed by atoms with Gasteiger partial charge in [0.05, 0.1) is 12.3 Å². The van der Waals surface area contributed by atoms with Gasteiger partial charge < -0.3 is 4.74 Å². The second-order valence-electron chi connectivity index (χ2n) is 3.23. The summed E-state index contributed by atoms with van der Waals surface area (Å²) in [6.45, 7) is 5.73. The third kappa shape index (κ3) is 3.29. The number of halogens is 1. The van der Waals surface area contributed by atoms with E-state index in [1.165, 1.54) is 12.1 Å². The highest BCUT2D eigenvalue weighted by Gasteiger charge is 1.99. The molecule has 80 valence electrons. The average Bonchev–Trinajstić information content (AvgIpc) is 2.22. The number of methoxy groups -OCH3 is 1. The van der Waals surface area contributed by atoms with Crippen molar-refractivity contribution in [3.63, 3.8) is 0 Å². The lowest BCUT2D eigenvalue weighted by Crippen LogP contribution is -1.92. The standard InChI is InChI=1S/C12H14FNO/c1-9-4-5-11(13)6-10(9)7-12(14-2)8-15-3/h4-7H,2,8H2,1,3H3/b12-7-. The van der Waals surface area contributed by atoms with Crippen molar-refractivity contribution in [1.29, 1.82) is 0 Å². The van der Waals surface area contributed by atoms with E-state index < -0.39 is 0 Å². The first-order chi connectivity index (χ1) is 7.17. The van der Waals surface area contributed by atoms with Crippen molar-refractivity contribution < 1.29 is 9.13 Å². The summed E-state index contributed by atoms with van der Waals surface area (Å²) in [5, 5.41) is 0. The zero-order valence-electron chi connectivity index (χ0n) is 8.96. The fraction of sp³-hybridized carbons (Fsp3) is 0.250. The van der Waals surface area contributed by atoms with Gasteiger partial charge in [0.15, 0.2) is 0 Å². The summed E-state index contributed by atoms with van der Waals surface area (Å²) in [5.74, 6) is -0.257. The molecule has 0 aliphatic heterocycles. The zero-order chi connectivity index (χ0) is 11.3. The average molecular weight is 207 g/mol. The highest BCUT2D eigenvalue weighted by atomic mass is 19.1. The molecule has 0 spiro atoms. The van der Waals surface area contributed by atoms with Crippen LogP contribution in [0.4, 0.5) is 4.39 Å². The smallest absolute Gasteiger partial charge is 0.123 e. The largest absolute Gasteiger partial charge is 0.378 e. The quantitative estimate of drug-likeness (QED) is 0.696. The third-order valence-corrected chi connectivity index (χ3v) is 2.06. The molecule has 15 heavy (non-hydrogen) atoms. The fourth-order valence-electron chi connectivity index (χ4n) is 1.23. The van der Waals surface area contributed by atoms with Crippen LogP contribution in [0.1, 0.15) is 11.1 Å². The van der Waals surface area contributed by atoms with Crippen LogP contribution in [0.15, 0.2) is 28.9 Å². The van der Waals surface area contributed by atoms with Crippen LogP contribution in [0.3, 0.4) is 0 Å². The molecule has 0 radical (unpaired) electrons. The molecule has 1 rings (SSSR count). The fourth-order valence-corrected chi connectivity index (χ4v) is 1.23. The van der Waals surface area contributed by atoms with E-state index in [-0.39, 0.29) is 5.82 Å². The maximum Gasteiger partial charge on any atom is 0.123 e. The van der Waals surface area contributed by atoms with Crippen molar-refractivity contribution in [2.24, 2.45) is 4.99 Å². The van der Waals surface area contributed by atoms with E-state index in [1.54, 1.807) is 19.3 Å². The molecule has 1 aromatic rings. The number of nitrogens with zero attached hydrogens (tertiary/aromatic N) is 1. The predicted molar refractivity (Wildman–Crippen MR) is 60.5 cm³/mol. The number of benzene rings is 1. The number of aryl methyl sites for hydroxylation is 1. The summed E-state index contributed by atoms with van der Waals surface area (Å²) in [4.78, 5) is 3.81. The van der Waals surface area contributed by atoms with Crippen LogP contribution >= 0.6 is 0 Å². The van der Waals surface area contributed by atoms with E-state index in [0.717, 1.165) is 11.1 Å². The molecule has 0 bridgehead atoms. The number of rotatable bonds is 4. The predicted octanol–water partition coefficient (Wildman–Crippen LogP) is 2.82. The van der Waals surface area contributed by atoms with Crippen molar-refractivity contribution >= 4 is 12.8 Å². The molecule has 0 aliphatic carbocycles. The van der Waals surface area contributed by atoms with Crippen molar-refractivity contribution in [3.8, 4) is 0 Å². The molecule has 0 aromatic heterocycles. The van der Waals surface area contributed by atoms with Crippen LogP contribution in [0.25, 0.3) is 6.08 Å². The second kappa shape index (κ2) is 5.41. The van der Waals surface area contributed by atoms with Crippen LogP contribution in [0.2, 0.25) is 0 Å². The van der Waals surface area contributed by atoms with Crippen LogP contribution in [0, 0.1) is 12.7 Å². The first kappa shape index (κ1) is 11.6. The molecule has 1 aromatic carbocycles. The van der Waals surface area contributed by atoms with E-state index in [1.807, 2.05) is 6.92 Å². The lowest BCUT2D eigenvalue weighted by Gasteiger charge is -2.03.